The first kappa shape index (κ1) is 19.1. The van der Waals surface area contributed by atoms with Gasteiger partial charge in [0, 0.05) is 38.9 Å². The van der Waals surface area contributed by atoms with E-state index < -0.39 is 0 Å². The van der Waals surface area contributed by atoms with Gasteiger partial charge < -0.3 is 15.5 Å². The van der Waals surface area contributed by atoms with Crippen LogP contribution in [0.3, 0.4) is 0 Å². The first-order valence-corrected chi connectivity index (χ1v) is 7.99. The molecule has 1 fully saturated rings. The molecule has 0 heterocycles. The zero-order chi connectivity index (χ0) is 15.1. The molecule has 5 heteroatoms. The van der Waals surface area contributed by atoms with Crippen molar-refractivity contribution in [1.82, 2.24) is 10.6 Å². The van der Waals surface area contributed by atoms with Crippen molar-refractivity contribution in [2.75, 3.05) is 38.1 Å². The summed E-state index contributed by atoms with van der Waals surface area (Å²) >= 11 is 0. The summed E-state index contributed by atoms with van der Waals surface area (Å²) in [4.78, 5) is 6.66. The minimum atomic E-state index is 0. The summed E-state index contributed by atoms with van der Waals surface area (Å²) in [6.07, 6.45) is 2.72. The van der Waals surface area contributed by atoms with Crippen molar-refractivity contribution < 1.29 is 0 Å². The predicted octanol–water partition coefficient (Wildman–Crippen LogP) is 3.01. The maximum atomic E-state index is 4.27. The Hall–Kier alpha value is -0.980. The van der Waals surface area contributed by atoms with E-state index in [9.17, 15) is 0 Å². The number of nitrogens with zero attached hydrogens (tertiary/aromatic N) is 2. The number of aliphatic imine (C=N–C) groups is 1. The van der Waals surface area contributed by atoms with Crippen molar-refractivity contribution >= 4 is 35.6 Å². The molecule has 0 aromatic heterocycles. The Labute approximate surface area is 151 Å². The van der Waals surface area contributed by atoms with E-state index in [0.29, 0.717) is 0 Å². The first-order valence-electron chi connectivity index (χ1n) is 7.99. The van der Waals surface area contributed by atoms with Crippen molar-refractivity contribution in [2.24, 2.45) is 10.9 Å². The number of anilines is 1. The number of benzene rings is 1. The molecular weight excluding hydrogens is 387 g/mol. The summed E-state index contributed by atoms with van der Waals surface area (Å²) < 4.78 is 0. The zero-order valence-electron chi connectivity index (χ0n) is 13.9. The maximum absolute atomic E-state index is 4.27. The monoisotopic (exact) mass is 416 g/mol. The Kier molecular flexibility index (Phi) is 8.60. The van der Waals surface area contributed by atoms with E-state index >= 15 is 0 Å². The zero-order valence-corrected chi connectivity index (χ0v) is 16.3. The van der Waals surface area contributed by atoms with E-state index in [1.54, 1.807) is 0 Å². The van der Waals surface area contributed by atoms with Crippen LogP contribution in [0.25, 0.3) is 0 Å². The predicted molar refractivity (Wildman–Crippen MR) is 107 cm³/mol. The van der Waals surface area contributed by atoms with Gasteiger partial charge in [0.25, 0.3) is 0 Å². The SMILES string of the molecule is CCN(CCNC(=NC)NCC1CC1)c1cccc(C)c1.I. The Morgan fingerprint density at radius 3 is 2.68 bits per heavy atom. The van der Waals surface area contributed by atoms with Gasteiger partial charge in [-0.3, -0.25) is 4.99 Å². The second-order valence-electron chi connectivity index (χ2n) is 5.74. The number of rotatable bonds is 7. The number of halogens is 1. The van der Waals surface area contributed by atoms with Crippen LogP contribution in [0, 0.1) is 12.8 Å². The average molecular weight is 416 g/mol. The van der Waals surface area contributed by atoms with Gasteiger partial charge in [0.15, 0.2) is 5.96 Å². The van der Waals surface area contributed by atoms with Gasteiger partial charge in [-0.2, -0.15) is 0 Å². The van der Waals surface area contributed by atoms with Crippen LogP contribution in [0.1, 0.15) is 25.3 Å². The van der Waals surface area contributed by atoms with Crippen LogP contribution >= 0.6 is 24.0 Å². The molecule has 2 N–H and O–H groups in total. The van der Waals surface area contributed by atoms with Crippen molar-refractivity contribution in [1.29, 1.82) is 0 Å². The van der Waals surface area contributed by atoms with Gasteiger partial charge in [0.1, 0.15) is 0 Å². The lowest BCUT2D eigenvalue weighted by Gasteiger charge is -2.24. The largest absolute Gasteiger partial charge is 0.370 e. The Bertz CT molecular complexity index is 471. The van der Waals surface area contributed by atoms with E-state index in [-0.39, 0.29) is 24.0 Å². The summed E-state index contributed by atoms with van der Waals surface area (Å²) in [5.74, 6) is 1.78. The van der Waals surface area contributed by atoms with Crippen molar-refractivity contribution in [2.45, 2.75) is 26.7 Å². The van der Waals surface area contributed by atoms with Gasteiger partial charge in [0.05, 0.1) is 0 Å². The molecule has 22 heavy (non-hydrogen) atoms. The van der Waals surface area contributed by atoms with Gasteiger partial charge in [-0.05, 0) is 50.3 Å². The summed E-state index contributed by atoms with van der Waals surface area (Å²) in [7, 11) is 1.83. The van der Waals surface area contributed by atoms with Gasteiger partial charge >= 0.3 is 0 Å². The van der Waals surface area contributed by atoms with Crippen molar-refractivity contribution in [3.05, 3.63) is 29.8 Å². The van der Waals surface area contributed by atoms with Crippen LogP contribution in [0.2, 0.25) is 0 Å². The molecule has 0 spiro atoms. The molecule has 1 aliphatic carbocycles. The van der Waals surface area contributed by atoms with Gasteiger partial charge in [-0.25, -0.2) is 0 Å². The van der Waals surface area contributed by atoms with Crippen LogP contribution < -0.4 is 15.5 Å². The fourth-order valence-corrected chi connectivity index (χ4v) is 2.39. The smallest absolute Gasteiger partial charge is 0.191 e. The highest BCUT2D eigenvalue weighted by molar-refractivity contribution is 14.0. The van der Waals surface area contributed by atoms with Crippen molar-refractivity contribution in [3.63, 3.8) is 0 Å². The average Bonchev–Trinajstić information content (AvgIpc) is 3.31. The lowest BCUT2D eigenvalue weighted by atomic mass is 10.2. The minimum Gasteiger partial charge on any atom is -0.370 e. The number of nitrogens with one attached hydrogen (secondary N) is 2. The van der Waals surface area contributed by atoms with E-state index in [4.69, 9.17) is 0 Å². The molecule has 0 atom stereocenters. The fourth-order valence-electron chi connectivity index (χ4n) is 2.39. The van der Waals surface area contributed by atoms with Crippen molar-refractivity contribution in [3.8, 4) is 0 Å². The second kappa shape index (κ2) is 9.92. The van der Waals surface area contributed by atoms with E-state index in [2.05, 4.69) is 58.6 Å². The molecule has 0 aliphatic heterocycles. The normalized spacial score (nSPS) is 14.2. The second-order valence-corrected chi connectivity index (χ2v) is 5.74. The summed E-state index contributed by atoms with van der Waals surface area (Å²) in [6.45, 7) is 8.27. The molecule has 1 aliphatic rings. The number of aryl methyl sites for hydroxylation is 1. The standard InChI is InChI=1S/C17H28N4.HI/c1-4-21(16-7-5-6-14(2)12-16)11-10-19-17(18-3)20-13-15-8-9-15;/h5-7,12,15H,4,8-11,13H2,1-3H3,(H2,18,19,20);1H. The molecule has 0 amide bonds. The number of hydrogen-bond acceptors (Lipinski definition) is 2. The van der Waals surface area contributed by atoms with Crippen LogP contribution in [0.15, 0.2) is 29.3 Å². The van der Waals surface area contributed by atoms with E-state index in [1.165, 1.54) is 24.1 Å². The molecule has 124 valence electrons. The molecule has 0 bridgehead atoms. The van der Waals surface area contributed by atoms with Crippen LogP contribution in [-0.2, 0) is 0 Å². The third-order valence-corrected chi connectivity index (χ3v) is 3.90. The van der Waals surface area contributed by atoms with E-state index in [1.807, 2.05) is 7.05 Å². The van der Waals surface area contributed by atoms with E-state index in [0.717, 1.165) is 38.1 Å². The molecular formula is C17H29IN4. The number of hydrogen-bond donors (Lipinski definition) is 2. The summed E-state index contributed by atoms with van der Waals surface area (Å²) in [6, 6.07) is 8.68. The lowest BCUT2D eigenvalue weighted by molar-refractivity contribution is 0.721. The Morgan fingerprint density at radius 1 is 1.32 bits per heavy atom. The molecule has 1 aromatic carbocycles. The highest BCUT2D eigenvalue weighted by atomic mass is 127. The minimum absolute atomic E-state index is 0. The third-order valence-electron chi connectivity index (χ3n) is 3.90. The van der Waals surface area contributed by atoms with Crippen LogP contribution in [0.5, 0.6) is 0 Å². The maximum Gasteiger partial charge on any atom is 0.191 e. The topological polar surface area (TPSA) is 39.7 Å². The number of guanidine groups is 1. The highest BCUT2D eigenvalue weighted by Gasteiger charge is 2.20. The van der Waals surface area contributed by atoms with Gasteiger partial charge in [-0.15, -0.1) is 24.0 Å². The quantitative estimate of drug-likeness (QED) is 0.408. The highest BCUT2D eigenvalue weighted by Crippen LogP contribution is 2.27. The number of likely N-dealkylation sites (N-methyl/N-ethyl adjacent to an activating group) is 1. The molecule has 0 saturated heterocycles. The van der Waals surface area contributed by atoms with Crippen LogP contribution in [-0.4, -0.2) is 39.2 Å². The molecule has 2 rings (SSSR count). The molecule has 1 saturated carbocycles. The molecule has 0 unspecified atom stereocenters. The molecule has 0 radical (unpaired) electrons. The third kappa shape index (κ3) is 6.42. The lowest BCUT2D eigenvalue weighted by Crippen LogP contribution is -2.42. The van der Waals surface area contributed by atoms with Crippen LogP contribution in [0.4, 0.5) is 5.69 Å². The van der Waals surface area contributed by atoms with Gasteiger partial charge in [0.2, 0.25) is 0 Å². The van der Waals surface area contributed by atoms with Gasteiger partial charge in [-0.1, -0.05) is 12.1 Å². The summed E-state index contributed by atoms with van der Waals surface area (Å²) in [5, 5.41) is 6.79. The Balaban J connectivity index is 0.00000242. The Morgan fingerprint density at radius 2 is 2.09 bits per heavy atom. The summed E-state index contributed by atoms with van der Waals surface area (Å²) in [5.41, 5.74) is 2.60. The molecule has 4 nitrogen and oxygen atoms in total. The molecule has 1 aromatic rings. The first-order chi connectivity index (χ1) is 10.2. The fraction of sp³-hybridized carbons (Fsp3) is 0.588.